The van der Waals surface area contributed by atoms with E-state index in [2.05, 4.69) is 10.4 Å². The molecule has 6 heteroatoms. The summed E-state index contributed by atoms with van der Waals surface area (Å²) in [6, 6.07) is 8.32. The Kier molecular flexibility index (Phi) is 5.73. The van der Waals surface area contributed by atoms with Gasteiger partial charge in [0.1, 0.15) is 6.04 Å². The van der Waals surface area contributed by atoms with Crippen molar-refractivity contribution in [2.75, 3.05) is 0 Å². The minimum Gasteiger partial charge on any atom is -0.480 e. The molecular weight excluding hydrogens is 306 g/mol. The van der Waals surface area contributed by atoms with E-state index in [4.69, 9.17) is 5.11 Å². The highest BCUT2D eigenvalue weighted by molar-refractivity contribution is 5.96. The highest BCUT2D eigenvalue weighted by atomic mass is 16.4. The molecule has 1 heterocycles. The standard InChI is InChI=1S/C18H23N3O3/c1-4-6-16(18(23)24)19-17(22)15-8-5-7-14(10-15)11-21-13(3)9-12(2)20-21/h5,7-10,16H,4,6,11H2,1-3H3,(H,19,22)(H,23,24)/t16-/m1/s1. The largest absolute Gasteiger partial charge is 0.480 e. The Morgan fingerprint density at radius 3 is 2.62 bits per heavy atom. The molecule has 0 unspecified atom stereocenters. The Labute approximate surface area is 141 Å². The first-order valence-electron chi connectivity index (χ1n) is 8.04. The number of nitrogens with zero attached hydrogens (tertiary/aromatic N) is 2. The topological polar surface area (TPSA) is 84.2 Å². The molecule has 1 aromatic heterocycles. The number of aryl methyl sites for hydroxylation is 2. The average Bonchev–Trinajstić information content (AvgIpc) is 2.84. The maximum Gasteiger partial charge on any atom is 0.326 e. The number of nitrogens with one attached hydrogen (secondary N) is 1. The monoisotopic (exact) mass is 329 g/mol. The van der Waals surface area contributed by atoms with Gasteiger partial charge >= 0.3 is 5.97 Å². The van der Waals surface area contributed by atoms with Crippen LogP contribution in [-0.2, 0) is 11.3 Å². The predicted molar refractivity (Wildman–Crippen MR) is 91.0 cm³/mol. The number of aromatic nitrogens is 2. The van der Waals surface area contributed by atoms with E-state index in [1.807, 2.05) is 37.6 Å². The van der Waals surface area contributed by atoms with Crippen LogP contribution in [-0.4, -0.2) is 32.8 Å². The quantitative estimate of drug-likeness (QED) is 0.817. The number of aliphatic carboxylic acids is 1. The lowest BCUT2D eigenvalue weighted by molar-refractivity contribution is -0.139. The molecule has 1 amide bonds. The van der Waals surface area contributed by atoms with Gasteiger partial charge in [0.15, 0.2) is 0 Å². The third-order valence-corrected chi connectivity index (χ3v) is 3.81. The van der Waals surface area contributed by atoms with Crippen molar-refractivity contribution in [3.8, 4) is 0 Å². The first-order valence-corrected chi connectivity index (χ1v) is 8.04. The van der Waals surface area contributed by atoms with Crippen molar-refractivity contribution in [1.82, 2.24) is 15.1 Å². The fourth-order valence-electron chi connectivity index (χ4n) is 2.61. The molecule has 24 heavy (non-hydrogen) atoms. The molecule has 0 saturated carbocycles. The molecule has 0 bridgehead atoms. The summed E-state index contributed by atoms with van der Waals surface area (Å²) in [6.45, 7) is 6.38. The minimum atomic E-state index is -1.01. The maximum atomic E-state index is 12.3. The normalized spacial score (nSPS) is 12.0. The van der Waals surface area contributed by atoms with E-state index in [0.29, 0.717) is 24.9 Å². The van der Waals surface area contributed by atoms with E-state index in [9.17, 15) is 9.59 Å². The molecule has 2 rings (SSSR count). The second kappa shape index (κ2) is 7.77. The summed E-state index contributed by atoms with van der Waals surface area (Å²) in [6.07, 6.45) is 1.10. The Morgan fingerprint density at radius 1 is 1.29 bits per heavy atom. The van der Waals surface area contributed by atoms with Crippen molar-refractivity contribution >= 4 is 11.9 Å². The van der Waals surface area contributed by atoms with Crippen LogP contribution in [0.3, 0.4) is 0 Å². The molecule has 128 valence electrons. The van der Waals surface area contributed by atoms with Crippen molar-refractivity contribution in [3.05, 3.63) is 52.8 Å². The summed E-state index contributed by atoms with van der Waals surface area (Å²) < 4.78 is 1.88. The molecular formula is C18H23N3O3. The lowest BCUT2D eigenvalue weighted by atomic mass is 10.1. The molecule has 0 aliphatic rings. The number of carboxylic acids is 1. The Bertz CT molecular complexity index is 737. The number of hydrogen-bond donors (Lipinski definition) is 2. The van der Waals surface area contributed by atoms with Crippen molar-refractivity contribution in [3.63, 3.8) is 0 Å². The second-order valence-electron chi connectivity index (χ2n) is 5.94. The molecule has 0 spiro atoms. The van der Waals surface area contributed by atoms with Crippen molar-refractivity contribution < 1.29 is 14.7 Å². The fraction of sp³-hybridized carbons (Fsp3) is 0.389. The van der Waals surface area contributed by atoms with E-state index in [0.717, 1.165) is 17.0 Å². The molecule has 0 fully saturated rings. The SMILES string of the molecule is CCC[C@@H](NC(=O)c1cccc(Cn2nc(C)cc2C)c1)C(=O)O. The van der Waals surface area contributed by atoms with Crippen LogP contribution in [0.5, 0.6) is 0 Å². The number of amides is 1. The van der Waals surface area contributed by atoms with E-state index in [1.165, 1.54) is 0 Å². The van der Waals surface area contributed by atoms with Gasteiger partial charge in [0.2, 0.25) is 0 Å². The van der Waals surface area contributed by atoms with Gasteiger partial charge < -0.3 is 10.4 Å². The average molecular weight is 329 g/mol. The van der Waals surface area contributed by atoms with Crippen LogP contribution in [0, 0.1) is 13.8 Å². The van der Waals surface area contributed by atoms with Crippen molar-refractivity contribution in [1.29, 1.82) is 0 Å². The Hall–Kier alpha value is -2.63. The molecule has 2 aromatic rings. The Morgan fingerprint density at radius 2 is 2.04 bits per heavy atom. The molecule has 0 radical (unpaired) electrons. The van der Waals surface area contributed by atoms with Gasteiger partial charge in [0, 0.05) is 11.3 Å². The molecule has 2 N–H and O–H groups in total. The maximum absolute atomic E-state index is 12.3. The number of carbonyl (C=O) groups excluding carboxylic acids is 1. The number of carboxylic acid groups (broad SMARTS) is 1. The van der Waals surface area contributed by atoms with Gasteiger partial charge in [-0.3, -0.25) is 9.48 Å². The molecule has 0 aliphatic carbocycles. The lowest BCUT2D eigenvalue weighted by Crippen LogP contribution is -2.40. The lowest BCUT2D eigenvalue weighted by Gasteiger charge is -2.14. The van der Waals surface area contributed by atoms with Gasteiger partial charge in [-0.15, -0.1) is 0 Å². The van der Waals surface area contributed by atoms with E-state index in [1.54, 1.807) is 18.2 Å². The summed E-state index contributed by atoms with van der Waals surface area (Å²) in [5.41, 5.74) is 3.40. The predicted octanol–water partition coefficient (Wildman–Crippen LogP) is 2.53. The number of hydrogen-bond acceptors (Lipinski definition) is 3. The van der Waals surface area contributed by atoms with Gasteiger partial charge in [-0.1, -0.05) is 25.5 Å². The van der Waals surface area contributed by atoms with Gasteiger partial charge in [-0.05, 0) is 44.0 Å². The first kappa shape index (κ1) is 17.7. The highest BCUT2D eigenvalue weighted by Crippen LogP contribution is 2.10. The minimum absolute atomic E-state index is 0.369. The zero-order valence-electron chi connectivity index (χ0n) is 14.2. The van der Waals surface area contributed by atoms with Crippen LogP contribution >= 0.6 is 0 Å². The van der Waals surface area contributed by atoms with Crippen LogP contribution in [0.15, 0.2) is 30.3 Å². The van der Waals surface area contributed by atoms with Crippen molar-refractivity contribution in [2.24, 2.45) is 0 Å². The summed E-state index contributed by atoms with van der Waals surface area (Å²) in [5.74, 6) is -1.38. The van der Waals surface area contributed by atoms with E-state index >= 15 is 0 Å². The van der Waals surface area contributed by atoms with E-state index < -0.39 is 12.0 Å². The van der Waals surface area contributed by atoms with Gasteiger partial charge in [0.05, 0.1) is 12.2 Å². The van der Waals surface area contributed by atoms with Crippen molar-refractivity contribution in [2.45, 2.75) is 46.2 Å². The zero-order chi connectivity index (χ0) is 17.7. The first-order chi connectivity index (χ1) is 11.4. The van der Waals surface area contributed by atoms with Crippen LogP contribution in [0.2, 0.25) is 0 Å². The highest BCUT2D eigenvalue weighted by Gasteiger charge is 2.19. The fourth-order valence-corrected chi connectivity index (χ4v) is 2.61. The van der Waals surface area contributed by atoms with Crippen LogP contribution in [0.4, 0.5) is 0 Å². The summed E-state index contributed by atoms with van der Waals surface area (Å²) in [7, 11) is 0. The van der Waals surface area contributed by atoms with Crippen LogP contribution in [0.1, 0.15) is 47.1 Å². The smallest absolute Gasteiger partial charge is 0.326 e. The summed E-state index contributed by atoms with van der Waals surface area (Å²) in [5, 5.41) is 16.1. The second-order valence-corrected chi connectivity index (χ2v) is 5.94. The number of rotatable bonds is 7. The molecule has 1 aromatic carbocycles. The summed E-state index contributed by atoms with van der Waals surface area (Å²) in [4.78, 5) is 23.5. The zero-order valence-corrected chi connectivity index (χ0v) is 14.2. The molecule has 0 aliphatic heterocycles. The van der Waals surface area contributed by atoms with Gasteiger partial charge in [0.25, 0.3) is 5.91 Å². The third kappa shape index (κ3) is 4.44. The molecule has 0 saturated heterocycles. The summed E-state index contributed by atoms with van der Waals surface area (Å²) >= 11 is 0. The number of carbonyl (C=O) groups is 2. The third-order valence-electron chi connectivity index (χ3n) is 3.81. The van der Waals surface area contributed by atoms with Gasteiger partial charge in [-0.25, -0.2) is 4.79 Å². The van der Waals surface area contributed by atoms with E-state index in [-0.39, 0.29) is 5.91 Å². The van der Waals surface area contributed by atoms with Gasteiger partial charge in [-0.2, -0.15) is 5.10 Å². The van der Waals surface area contributed by atoms with Crippen LogP contribution < -0.4 is 5.32 Å². The molecule has 1 atom stereocenters. The Balaban J connectivity index is 2.13. The molecule has 6 nitrogen and oxygen atoms in total. The van der Waals surface area contributed by atoms with Crippen LogP contribution in [0.25, 0.3) is 0 Å². The number of benzene rings is 1.